The van der Waals surface area contributed by atoms with Crippen LogP contribution in [-0.4, -0.2) is 21.7 Å². The fourth-order valence-electron chi connectivity index (χ4n) is 2.01. The van der Waals surface area contributed by atoms with Crippen LogP contribution in [0.2, 0.25) is 0 Å². The van der Waals surface area contributed by atoms with Crippen LogP contribution in [0.5, 0.6) is 0 Å². The van der Waals surface area contributed by atoms with Crippen molar-refractivity contribution in [3.05, 3.63) is 57.9 Å². The topological polar surface area (TPSA) is 127 Å². The average molecular weight is 408 g/mol. The molecule has 1 unspecified atom stereocenters. The Kier molecular flexibility index (Phi) is 4.56. The van der Waals surface area contributed by atoms with Crippen molar-refractivity contribution in [3.63, 3.8) is 0 Å². The fourth-order valence-corrected chi connectivity index (χ4v) is 2.62. The number of hydrogen-bond acceptors (Lipinski definition) is 8. The zero-order valence-corrected chi connectivity index (χ0v) is 14.5. The van der Waals surface area contributed by atoms with E-state index >= 15 is 0 Å². The predicted molar refractivity (Wildman–Crippen MR) is 95.1 cm³/mol. The fraction of sp³-hybridized carbons (Fsp3) is 0.0714. The van der Waals surface area contributed by atoms with Crippen molar-refractivity contribution in [1.82, 2.24) is 15.3 Å². The van der Waals surface area contributed by atoms with E-state index < -0.39 is 5.91 Å². The zero-order valence-electron chi connectivity index (χ0n) is 12.2. The summed E-state index contributed by atoms with van der Waals surface area (Å²) in [6.45, 7) is 0. The van der Waals surface area contributed by atoms with Gasteiger partial charge in [0.1, 0.15) is 11.0 Å². The van der Waals surface area contributed by atoms with Gasteiger partial charge in [0, 0.05) is 16.9 Å². The number of hydrogen-bond donors (Lipinski definition) is 3. The Labute approximate surface area is 150 Å². The summed E-state index contributed by atoms with van der Waals surface area (Å²) in [5.41, 5.74) is 13.4. The maximum Gasteiger partial charge on any atom is 0.305 e. The highest BCUT2D eigenvalue weighted by Crippen LogP contribution is 2.27. The van der Waals surface area contributed by atoms with Gasteiger partial charge < -0.3 is 11.1 Å². The van der Waals surface area contributed by atoms with Gasteiger partial charge in [-0.2, -0.15) is 0 Å². The first kappa shape index (κ1) is 16.5. The minimum atomic E-state index is -1.63. The lowest BCUT2D eigenvalue weighted by atomic mass is 10.1. The van der Waals surface area contributed by atoms with Crippen LogP contribution >= 0.6 is 27.5 Å². The molecule has 0 saturated heterocycles. The van der Waals surface area contributed by atoms with E-state index in [0.717, 1.165) is 10.0 Å². The van der Waals surface area contributed by atoms with Gasteiger partial charge in [-0.25, -0.2) is 15.0 Å². The number of amidine groups is 1. The average Bonchev–Trinajstić information content (AvgIpc) is 2.55. The van der Waals surface area contributed by atoms with Crippen molar-refractivity contribution in [3.8, 4) is 0 Å². The van der Waals surface area contributed by atoms with Gasteiger partial charge in [-0.3, -0.25) is 5.73 Å². The van der Waals surface area contributed by atoms with E-state index in [2.05, 4.69) is 46.4 Å². The van der Waals surface area contributed by atoms with Crippen molar-refractivity contribution in [2.75, 3.05) is 0 Å². The largest absolute Gasteiger partial charge is 0.383 e. The number of nitrogens with two attached hydrogens (primary N) is 2. The first-order valence-corrected chi connectivity index (χ1v) is 7.92. The SMILES string of the molecule is NC1=NC(N)(N=Nc2ncccn2)NC(Cl)=C1c1ccc(Br)cc1. The van der Waals surface area contributed by atoms with Gasteiger partial charge in [0.2, 0.25) is 0 Å². The van der Waals surface area contributed by atoms with Crippen LogP contribution in [0, 0.1) is 0 Å². The molecule has 24 heavy (non-hydrogen) atoms. The summed E-state index contributed by atoms with van der Waals surface area (Å²) in [6, 6.07) is 9.12. The third-order valence-corrected chi connectivity index (χ3v) is 3.85. The Hall–Kier alpha value is -2.36. The molecular weight excluding hydrogens is 396 g/mol. The number of nitrogens with one attached hydrogen (secondary N) is 1. The van der Waals surface area contributed by atoms with Crippen LogP contribution in [-0.2, 0) is 0 Å². The maximum atomic E-state index is 6.30. The lowest BCUT2D eigenvalue weighted by Crippen LogP contribution is -2.52. The van der Waals surface area contributed by atoms with Crippen LogP contribution in [0.25, 0.3) is 5.57 Å². The number of azo groups is 1. The maximum absolute atomic E-state index is 6.30. The van der Waals surface area contributed by atoms with Gasteiger partial charge in [0.25, 0.3) is 5.95 Å². The molecule has 1 aromatic carbocycles. The number of rotatable bonds is 3. The molecule has 8 nitrogen and oxygen atoms in total. The quantitative estimate of drug-likeness (QED) is 0.532. The van der Waals surface area contributed by atoms with E-state index in [1.165, 1.54) is 12.4 Å². The summed E-state index contributed by atoms with van der Waals surface area (Å²) in [7, 11) is 0. The highest BCUT2D eigenvalue weighted by atomic mass is 79.9. The minimum Gasteiger partial charge on any atom is -0.383 e. The first-order chi connectivity index (χ1) is 11.5. The van der Waals surface area contributed by atoms with Crippen LogP contribution in [0.1, 0.15) is 5.56 Å². The lowest BCUT2D eigenvalue weighted by molar-refractivity contribution is 0.390. The van der Waals surface area contributed by atoms with Crippen molar-refractivity contribution < 1.29 is 0 Å². The van der Waals surface area contributed by atoms with E-state index in [0.29, 0.717) is 5.57 Å². The Bertz CT molecular complexity index is 834. The standard InChI is InChI=1S/C14H12BrClN8/c15-9-4-2-8(3-5-9)10-11(16)21-14(18,22-12(10)17)24-23-13-19-6-1-7-20-13/h1-7,21H,18H2,(H2,17,22). The Morgan fingerprint density at radius 2 is 1.83 bits per heavy atom. The van der Waals surface area contributed by atoms with E-state index in [1.54, 1.807) is 6.07 Å². The van der Waals surface area contributed by atoms with Gasteiger partial charge in [0.15, 0.2) is 0 Å². The number of aromatic nitrogens is 2. The molecule has 1 atom stereocenters. The van der Waals surface area contributed by atoms with Gasteiger partial charge in [-0.05, 0) is 23.8 Å². The molecule has 1 aliphatic rings. The van der Waals surface area contributed by atoms with Crippen LogP contribution in [0.15, 0.2) is 67.6 Å². The Morgan fingerprint density at radius 1 is 1.17 bits per heavy atom. The molecule has 10 heteroatoms. The minimum absolute atomic E-state index is 0.150. The Balaban J connectivity index is 1.89. The van der Waals surface area contributed by atoms with Gasteiger partial charge in [0.05, 0.1) is 5.57 Å². The van der Waals surface area contributed by atoms with Crippen molar-refractivity contribution in [2.45, 2.75) is 5.91 Å². The molecule has 0 fully saturated rings. The second-order valence-electron chi connectivity index (χ2n) is 4.79. The monoisotopic (exact) mass is 406 g/mol. The molecule has 0 spiro atoms. The highest BCUT2D eigenvalue weighted by molar-refractivity contribution is 9.10. The van der Waals surface area contributed by atoms with Crippen LogP contribution < -0.4 is 16.8 Å². The molecule has 3 rings (SSSR count). The molecule has 1 aromatic heterocycles. The van der Waals surface area contributed by atoms with Crippen LogP contribution in [0.3, 0.4) is 0 Å². The van der Waals surface area contributed by atoms with Crippen LogP contribution in [0.4, 0.5) is 5.95 Å². The molecule has 2 aromatic rings. The van der Waals surface area contributed by atoms with Crippen molar-refractivity contribution in [1.29, 1.82) is 0 Å². The van der Waals surface area contributed by atoms with Gasteiger partial charge in [-0.15, -0.1) is 10.2 Å². The van der Waals surface area contributed by atoms with E-state index in [1.807, 2.05) is 24.3 Å². The summed E-state index contributed by atoms with van der Waals surface area (Å²) in [4.78, 5) is 12.0. The molecular formula is C14H12BrClN8. The second kappa shape index (κ2) is 6.63. The molecule has 0 bridgehead atoms. The van der Waals surface area contributed by atoms with Crippen molar-refractivity contribution >= 4 is 44.9 Å². The lowest BCUT2D eigenvalue weighted by Gasteiger charge is -2.27. The smallest absolute Gasteiger partial charge is 0.305 e. The summed E-state index contributed by atoms with van der Waals surface area (Å²) in [5, 5.41) is 10.8. The van der Waals surface area contributed by atoms with Gasteiger partial charge in [-0.1, -0.05) is 39.7 Å². The first-order valence-electron chi connectivity index (χ1n) is 6.75. The number of benzene rings is 1. The van der Waals surface area contributed by atoms with E-state index in [4.69, 9.17) is 23.1 Å². The summed E-state index contributed by atoms with van der Waals surface area (Å²) >= 11 is 9.68. The molecule has 0 aliphatic carbocycles. The second-order valence-corrected chi connectivity index (χ2v) is 6.09. The summed E-state index contributed by atoms with van der Waals surface area (Å²) in [5.74, 6) is -1.33. The number of aliphatic imine (C=N–C) groups is 1. The molecule has 0 amide bonds. The summed E-state index contributed by atoms with van der Waals surface area (Å²) in [6.07, 6.45) is 3.07. The third kappa shape index (κ3) is 3.58. The Morgan fingerprint density at radius 3 is 2.46 bits per heavy atom. The predicted octanol–water partition coefficient (Wildman–Crippen LogP) is 2.46. The zero-order chi connectivity index (χ0) is 17.2. The molecule has 1 aliphatic heterocycles. The molecule has 0 saturated carbocycles. The molecule has 2 heterocycles. The van der Waals surface area contributed by atoms with Gasteiger partial charge >= 0.3 is 5.91 Å². The molecule has 122 valence electrons. The molecule has 5 N–H and O–H groups in total. The molecule has 0 radical (unpaired) electrons. The van der Waals surface area contributed by atoms with Crippen molar-refractivity contribution in [2.24, 2.45) is 26.7 Å². The highest BCUT2D eigenvalue weighted by Gasteiger charge is 2.32. The summed E-state index contributed by atoms with van der Waals surface area (Å²) < 4.78 is 0.937. The number of halogens is 2. The normalized spacial score (nSPS) is 20.9. The van der Waals surface area contributed by atoms with E-state index in [9.17, 15) is 0 Å². The number of nitrogens with zero attached hydrogens (tertiary/aromatic N) is 5. The third-order valence-electron chi connectivity index (χ3n) is 3.04. The van der Waals surface area contributed by atoms with E-state index in [-0.39, 0.29) is 16.9 Å².